The van der Waals surface area contributed by atoms with Crippen molar-refractivity contribution in [2.45, 2.75) is 6.18 Å². The average molecular weight is 442 g/mol. The Morgan fingerprint density at radius 3 is 2.32 bits per heavy atom. The van der Waals surface area contributed by atoms with Gasteiger partial charge in [-0.05, 0) is 30.3 Å². The smallest absolute Gasteiger partial charge is 0.417 e. The third-order valence-electron chi connectivity index (χ3n) is 4.07. The molecule has 2 aromatic heterocycles. The molecule has 10 heteroatoms. The monoisotopic (exact) mass is 442 g/mol. The third kappa shape index (κ3) is 5.04. The van der Waals surface area contributed by atoms with Gasteiger partial charge in [0.1, 0.15) is 10.8 Å². The van der Waals surface area contributed by atoms with Crippen LogP contribution in [0, 0.1) is 0 Å². The van der Waals surface area contributed by atoms with Crippen LogP contribution in [-0.2, 0) is 6.18 Å². The first-order chi connectivity index (χ1) is 14.9. The highest BCUT2D eigenvalue weighted by Crippen LogP contribution is 2.30. The zero-order chi connectivity index (χ0) is 21.8. The van der Waals surface area contributed by atoms with E-state index in [2.05, 4.69) is 20.5 Å². The van der Waals surface area contributed by atoms with Crippen molar-refractivity contribution in [3.8, 4) is 22.2 Å². The molecule has 31 heavy (non-hydrogen) atoms. The second-order valence-corrected chi connectivity index (χ2v) is 7.22. The van der Waals surface area contributed by atoms with Crippen molar-refractivity contribution in [2.24, 2.45) is 0 Å². The highest BCUT2D eigenvalue weighted by atomic mass is 32.1. The first-order valence-electron chi connectivity index (χ1n) is 8.90. The van der Waals surface area contributed by atoms with Gasteiger partial charge in [0.05, 0.1) is 5.56 Å². The fourth-order valence-electron chi connectivity index (χ4n) is 2.54. The minimum atomic E-state index is -4.46. The molecule has 156 valence electrons. The number of amides is 1. The van der Waals surface area contributed by atoms with Gasteiger partial charge < -0.3 is 4.74 Å². The lowest BCUT2D eigenvalue weighted by atomic mass is 10.2. The fraction of sp³-hybridized carbons (Fsp3) is 0.0476. The number of aromatic nitrogens is 3. The first-order valence-corrected chi connectivity index (χ1v) is 9.71. The van der Waals surface area contributed by atoms with Crippen molar-refractivity contribution < 1.29 is 22.7 Å². The zero-order valence-electron chi connectivity index (χ0n) is 15.6. The Bertz CT molecular complexity index is 1180. The number of anilines is 1. The zero-order valence-corrected chi connectivity index (χ0v) is 16.4. The number of hydrogen-bond acceptors (Lipinski definition) is 6. The number of benzene rings is 2. The van der Waals surface area contributed by atoms with Crippen LogP contribution in [0.5, 0.6) is 11.6 Å². The van der Waals surface area contributed by atoms with E-state index in [0.29, 0.717) is 27.6 Å². The molecule has 0 bridgehead atoms. The number of carbonyl (C=O) groups excluding carboxylic acids is 1. The summed E-state index contributed by atoms with van der Waals surface area (Å²) in [6.45, 7) is 0. The van der Waals surface area contributed by atoms with Gasteiger partial charge in [-0.2, -0.15) is 13.2 Å². The minimum Gasteiger partial charge on any atom is -0.439 e. The average Bonchev–Trinajstić information content (AvgIpc) is 3.23. The number of nitrogens with zero attached hydrogens (tertiary/aromatic N) is 3. The van der Waals surface area contributed by atoms with E-state index in [1.807, 2.05) is 30.3 Å². The molecule has 4 aromatic rings. The first kappa shape index (κ1) is 20.5. The van der Waals surface area contributed by atoms with E-state index in [1.165, 1.54) is 35.6 Å². The lowest BCUT2D eigenvalue weighted by Gasteiger charge is -2.08. The number of rotatable bonds is 5. The van der Waals surface area contributed by atoms with Crippen LogP contribution in [0.25, 0.3) is 10.6 Å². The number of hydrogen-bond donors (Lipinski definition) is 1. The summed E-state index contributed by atoms with van der Waals surface area (Å²) in [7, 11) is 0. The van der Waals surface area contributed by atoms with E-state index in [1.54, 1.807) is 0 Å². The van der Waals surface area contributed by atoms with Crippen LogP contribution in [0.15, 0.2) is 72.9 Å². The third-order valence-corrected chi connectivity index (χ3v) is 4.96. The SMILES string of the molecule is O=C(Nc1nnc(-c2ccccc2)s1)c1ccc(Oc2ccc(C(F)(F)F)cn2)cc1. The molecule has 0 spiro atoms. The Morgan fingerprint density at radius 1 is 0.935 bits per heavy atom. The van der Waals surface area contributed by atoms with E-state index in [9.17, 15) is 18.0 Å². The summed E-state index contributed by atoms with van der Waals surface area (Å²) in [6.07, 6.45) is -3.77. The molecule has 4 rings (SSSR count). The van der Waals surface area contributed by atoms with Crippen LogP contribution in [-0.4, -0.2) is 21.1 Å². The molecule has 0 unspecified atom stereocenters. The number of alkyl halides is 3. The van der Waals surface area contributed by atoms with Crippen LogP contribution >= 0.6 is 11.3 Å². The summed E-state index contributed by atoms with van der Waals surface area (Å²) in [5, 5.41) is 11.8. The summed E-state index contributed by atoms with van der Waals surface area (Å²) in [4.78, 5) is 16.1. The fourth-order valence-corrected chi connectivity index (χ4v) is 3.29. The van der Waals surface area contributed by atoms with Gasteiger partial charge in [0.15, 0.2) is 0 Å². The number of carbonyl (C=O) groups is 1. The molecule has 0 aliphatic heterocycles. The molecular formula is C21H13F3N4O2S. The molecule has 0 radical (unpaired) electrons. The summed E-state index contributed by atoms with van der Waals surface area (Å²) >= 11 is 1.25. The van der Waals surface area contributed by atoms with Gasteiger partial charge in [0, 0.05) is 23.4 Å². The molecule has 0 atom stereocenters. The van der Waals surface area contributed by atoms with Crippen molar-refractivity contribution >= 4 is 22.4 Å². The van der Waals surface area contributed by atoms with E-state index >= 15 is 0 Å². The van der Waals surface area contributed by atoms with Crippen molar-refractivity contribution in [1.82, 2.24) is 15.2 Å². The predicted octanol–water partition coefficient (Wildman–Crippen LogP) is 5.66. The molecule has 1 amide bonds. The molecule has 0 saturated carbocycles. The van der Waals surface area contributed by atoms with Crippen LogP contribution < -0.4 is 10.1 Å². The van der Waals surface area contributed by atoms with Crippen LogP contribution in [0.2, 0.25) is 0 Å². The molecule has 6 nitrogen and oxygen atoms in total. The van der Waals surface area contributed by atoms with Gasteiger partial charge in [-0.25, -0.2) is 4.98 Å². The van der Waals surface area contributed by atoms with Crippen LogP contribution in [0.3, 0.4) is 0 Å². The second-order valence-electron chi connectivity index (χ2n) is 6.24. The van der Waals surface area contributed by atoms with Crippen molar-refractivity contribution in [3.63, 3.8) is 0 Å². The molecule has 0 fully saturated rings. The Kier molecular flexibility index (Phi) is 5.63. The normalized spacial score (nSPS) is 11.2. The van der Waals surface area contributed by atoms with E-state index in [0.717, 1.165) is 17.7 Å². The Labute approximate surface area is 178 Å². The van der Waals surface area contributed by atoms with Gasteiger partial charge >= 0.3 is 6.18 Å². The van der Waals surface area contributed by atoms with Crippen molar-refractivity contribution in [2.75, 3.05) is 5.32 Å². The van der Waals surface area contributed by atoms with Gasteiger partial charge in [-0.1, -0.05) is 41.7 Å². The molecule has 2 aromatic carbocycles. The summed E-state index contributed by atoms with van der Waals surface area (Å²) in [6, 6.07) is 17.6. The number of ether oxygens (including phenoxy) is 1. The number of pyridine rings is 1. The maximum Gasteiger partial charge on any atom is 0.417 e. The van der Waals surface area contributed by atoms with E-state index in [-0.39, 0.29) is 11.8 Å². The standard InChI is InChI=1S/C21H13F3N4O2S/c22-21(23,24)15-8-11-17(25-12-15)30-16-9-6-13(7-10-16)18(29)26-20-28-27-19(31-20)14-4-2-1-3-5-14/h1-12H,(H,26,28,29). The maximum atomic E-state index is 12.6. The van der Waals surface area contributed by atoms with E-state index in [4.69, 9.17) is 4.74 Å². The molecule has 0 aliphatic rings. The molecule has 0 saturated heterocycles. The molecular weight excluding hydrogens is 429 g/mol. The Hall–Kier alpha value is -3.79. The summed E-state index contributed by atoms with van der Waals surface area (Å²) in [5.74, 6) is -0.0476. The Morgan fingerprint density at radius 2 is 1.68 bits per heavy atom. The minimum absolute atomic E-state index is 0.00695. The van der Waals surface area contributed by atoms with Crippen molar-refractivity contribution in [3.05, 3.63) is 84.1 Å². The lowest BCUT2D eigenvalue weighted by Crippen LogP contribution is -2.11. The summed E-state index contributed by atoms with van der Waals surface area (Å²) < 4.78 is 43.2. The van der Waals surface area contributed by atoms with Crippen LogP contribution in [0.1, 0.15) is 15.9 Å². The van der Waals surface area contributed by atoms with Gasteiger partial charge in [0.2, 0.25) is 11.0 Å². The van der Waals surface area contributed by atoms with Crippen molar-refractivity contribution in [1.29, 1.82) is 0 Å². The Balaban J connectivity index is 1.39. The second kappa shape index (κ2) is 8.52. The largest absolute Gasteiger partial charge is 0.439 e. The van der Waals surface area contributed by atoms with E-state index < -0.39 is 11.7 Å². The van der Waals surface area contributed by atoms with Gasteiger partial charge in [-0.15, -0.1) is 10.2 Å². The van der Waals surface area contributed by atoms with Gasteiger partial charge in [-0.3, -0.25) is 10.1 Å². The molecule has 2 heterocycles. The highest BCUT2D eigenvalue weighted by Gasteiger charge is 2.30. The summed E-state index contributed by atoms with van der Waals surface area (Å²) in [5.41, 5.74) is 0.391. The quantitative estimate of drug-likeness (QED) is 0.431. The van der Waals surface area contributed by atoms with Gasteiger partial charge in [0.25, 0.3) is 5.91 Å². The van der Waals surface area contributed by atoms with Crippen LogP contribution in [0.4, 0.5) is 18.3 Å². The molecule has 1 N–H and O–H groups in total. The predicted molar refractivity (Wildman–Crippen MR) is 109 cm³/mol. The number of halogens is 3. The number of nitrogens with one attached hydrogen (secondary N) is 1. The maximum absolute atomic E-state index is 12.6. The lowest BCUT2D eigenvalue weighted by molar-refractivity contribution is -0.137. The highest BCUT2D eigenvalue weighted by molar-refractivity contribution is 7.18. The molecule has 0 aliphatic carbocycles. The topological polar surface area (TPSA) is 77.0 Å².